The second kappa shape index (κ2) is 8.65. The van der Waals surface area contributed by atoms with Gasteiger partial charge in [-0.1, -0.05) is 37.3 Å². The second-order valence-electron chi connectivity index (χ2n) is 7.66. The van der Waals surface area contributed by atoms with Gasteiger partial charge in [0, 0.05) is 39.3 Å². The fourth-order valence-corrected chi connectivity index (χ4v) is 4.15. The van der Waals surface area contributed by atoms with Crippen LogP contribution in [0.3, 0.4) is 0 Å². The molecule has 0 spiro atoms. The highest BCUT2D eigenvalue weighted by atomic mass is 15.4. The van der Waals surface area contributed by atoms with E-state index in [1.807, 2.05) is 6.20 Å². The molecule has 2 aliphatic heterocycles. The molecule has 2 fully saturated rings. The molecule has 2 saturated heterocycles. The highest BCUT2D eigenvalue weighted by molar-refractivity contribution is 5.42. The zero-order chi connectivity index (χ0) is 18.5. The van der Waals surface area contributed by atoms with Gasteiger partial charge in [0.2, 0.25) is 5.95 Å². The van der Waals surface area contributed by atoms with Crippen LogP contribution in [0.25, 0.3) is 0 Å². The maximum atomic E-state index is 4.84. The Morgan fingerprint density at radius 1 is 0.926 bits per heavy atom. The molecule has 0 bridgehead atoms. The van der Waals surface area contributed by atoms with Crippen molar-refractivity contribution in [3.63, 3.8) is 0 Å². The highest BCUT2D eigenvalue weighted by Crippen LogP contribution is 2.24. The summed E-state index contributed by atoms with van der Waals surface area (Å²) < 4.78 is 0. The summed E-state index contributed by atoms with van der Waals surface area (Å²) in [7, 11) is 0. The molecule has 27 heavy (non-hydrogen) atoms. The molecular formula is C21H30N6. The Morgan fingerprint density at radius 3 is 2.37 bits per heavy atom. The van der Waals surface area contributed by atoms with E-state index in [2.05, 4.69) is 62.2 Å². The van der Waals surface area contributed by atoms with Gasteiger partial charge in [-0.05, 0) is 37.3 Å². The molecule has 1 aromatic carbocycles. The first-order valence-corrected chi connectivity index (χ1v) is 10.3. The number of rotatable bonds is 5. The Kier molecular flexibility index (Phi) is 5.82. The minimum atomic E-state index is 0.752. The summed E-state index contributed by atoms with van der Waals surface area (Å²) in [5.41, 5.74) is 1.45. The van der Waals surface area contributed by atoms with Crippen molar-refractivity contribution in [3.05, 3.63) is 42.1 Å². The normalized spacial score (nSPS) is 19.4. The van der Waals surface area contributed by atoms with Crippen LogP contribution < -0.4 is 9.80 Å². The van der Waals surface area contributed by atoms with E-state index < -0.39 is 0 Å². The van der Waals surface area contributed by atoms with Gasteiger partial charge < -0.3 is 14.7 Å². The summed E-state index contributed by atoms with van der Waals surface area (Å²) >= 11 is 0. The summed E-state index contributed by atoms with van der Waals surface area (Å²) in [6.45, 7) is 9.62. The first-order valence-electron chi connectivity index (χ1n) is 10.3. The van der Waals surface area contributed by atoms with Gasteiger partial charge in [0.05, 0.1) is 6.20 Å². The van der Waals surface area contributed by atoms with Crippen molar-refractivity contribution in [1.82, 2.24) is 20.1 Å². The Bertz CT molecular complexity index is 706. The lowest BCUT2D eigenvalue weighted by Crippen LogP contribution is -2.46. The monoisotopic (exact) mass is 366 g/mol. The van der Waals surface area contributed by atoms with E-state index in [0.717, 1.165) is 63.5 Å². The number of piperidine rings is 1. The average molecular weight is 367 g/mol. The standard InChI is InChI=1S/C21H30N6/c1-2-25-12-14-26(15-13-25)20-17-22-24-21(23-20)27-10-8-19(9-11-27)16-18-6-4-3-5-7-18/h3-7,17,19H,2,8-16H2,1H3. The number of hydrogen-bond acceptors (Lipinski definition) is 6. The molecule has 2 aliphatic rings. The van der Waals surface area contributed by atoms with Crippen LogP contribution in [0.5, 0.6) is 0 Å². The molecule has 1 aromatic heterocycles. The first kappa shape index (κ1) is 18.2. The molecule has 0 unspecified atom stereocenters. The molecule has 0 saturated carbocycles. The van der Waals surface area contributed by atoms with E-state index in [4.69, 9.17) is 4.98 Å². The molecule has 2 aromatic rings. The van der Waals surface area contributed by atoms with Crippen molar-refractivity contribution in [2.24, 2.45) is 5.92 Å². The third-order valence-corrected chi connectivity index (χ3v) is 5.94. The molecule has 0 amide bonds. The van der Waals surface area contributed by atoms with Gasteiger partial charge in [-0.3, -0.25) is 0 Å². The molecule has 4 rings (SSSR count). The molecular weight excluding hydrogens is 336 g/mol. The zero-order valence-corrected chi connectivity index (χ0v) is 16.3. The minimum absolute atomic E-state index is 0.752. The lowest BCUT2D eigenvalue weighted by molar-refractivity contribution is 0.270. The zero-order valence-electron chi connectivity index (χ0n) is 16.3. The molecule has 144 valence electrons. The fourth-order valence-electron chi connectivity index (χ4n) is 4.15. The predicted octanol–water partition coefficient (Wildman–Crippen LogP) is 2.47. The van der Waals surface area contributed by atoms with Gasteiger partial charge in [0.15, 0.2) is 5.82 Å². The van der Waals surface area contributed by atoms with Gasteiger partial charge in [0.1, 0.15) is 0 Å². The van der Waals surface area contributed by atoms with Crippen LogP contribution in [0.4, 0.5) is 11.8 Å². The lowest BCUT2D eigenvalue weighted by atomic mass is 9.90. The number of aromatic nitrogens is 3. The minimum Gasteiger partial charge on any atom is -0.353 e. The Morgan fingerprint density at radius 2 is 1.67 bits per heavy atom. The van der Waals surface area contributed by atoms with Crippen molar-refractivity contribution in [1.29, 1.82) is 0 Å². The predicted molar refractivity (Wildman–Crippen MR) is 109 cm³/mol. The smallest absolute Gasteiger partial charge is 0.247 e. The topological polar surface area (TPSA) is 48.4 Å². The number of anilines is 2. The van der Waals surface area contributed by atoms with Crippen LogP contribution in [0.1, 0.15) is 25.3 Å². The number of nitrogens with zero attached hydrogens (tertiary/aromatic N) is 6. The van der Waals surface area contributed by atoms with Crippen molar-refractivity contribution < 1.29 is 0 Å². The molecule has 0 atom stereocenters. The van der Waals surface area contributed by atoms with Crippen LogP contribution in [-0.2, 0) is 6.42 Å². The molecule has 3 heterocycles. The van der Waals surface area contributed by atoms with Crippen molar-refractivity contribution in [3.8, 4) is 0 Å². The molecule has 0 aliphatic carbocycles. The number of hydrogen-bond donors (Lipinski definition) is 0. The van der Waals surface area contributed by atoms with E-state index in [1.165, 1.54) is 24.8 Å². The largest absolute Gasteiger partial charge is 0.353 e. The SMILES string of the molecule is CCN1CCN(c2cnnc(N3CCC(Cc4ccccc4)CC3)n2)CC1. The first-order chi connectivity index (χ1) is 13.3. The quantitative estimate of drug-likeness (QED) is 0.810. The summed E-state index contributed by atoms with van der Waals surface area (Å²) in [6.07, 6.45) is 5.37. The van der Waals surface area contributed by atoms with Crippen LogP contribution in [0, 0.1) is 5.92 Å². The summed E-state index contributed by atoms with van der Waals surface area (Å²) in [5, 5.41) is 8.58. The lowest BCUT2D eigenvalue weighted by Gasteiger charge is -2.35. The summed E-state index contributed by atoms with van der Waals surface area (Å²) in [4.78, 5) is 12.0. The van der Waals surface area contributed by atoms with Crippen LogP contribution in [-0.4, -0.2) is 65.9 Å². The van der Waals surface area contributed by atoms with Crippen molar-refractivity contribution in [2.45, 2.75) is 26.2 Å². The number of piperazine rings is 1. The fraction of sp³-hybridized carbons (Fsp3) is 0.571. The second-order valence-corrected chi connectivity index (χ2v) is 7.66. The Hall–Kier alpha value is -2.21. The van der Waals surface area contributed by atoms with Gasteiger partial charge >= 0.3 is 0 Å². The molecule has 6 nitrogen and oxygen atoms in total. The van der Waals surface area contributed by atoms with Gasteiger partial charge in [-0.2, -0.15) is 10.1 Å². The summed E-state index contributed by atoms with van der Waals surface area (Å²) in [5.74, 6) is 2.52. The van der Waals surface area contributed by atoms with Gasteiger partial charge in [-0.25, -0.2) is 0 Å². The van der Waals surface area contributed by atoms with Gasteiger partial charge in [-0.15, -0.1) is 5.10 Å². The Balaban J connectivity index is 1.33. The maximum absolute atomic E-state index is 4.84. The maximum Gasteiger partial charge on any atom is 0.247 e. The van der Waals surface area contributed by atoms with Crippen LogP contribution >= 0.6 is 0 Å². The summed E-state index contributed by atoms with van der Waals surface area (Å²) in [6, 6.07) is 10.8. The van der Waals surface area contributed by atoms with E-state index in [0.29, 0.717) is 0 Å². The van der Waals surface area contributed by atoms with Crippen LogP contribution in [0.15, 0.2) is 36.5 Å². The number of likely N-dealkylation sites (N-methyl/N-ethyl adjacent to an activating group) is 1. The van der Waals surface area contributed by atoms with Crippen molar-refractivity contribution in [2.75, 3.05) is 55.6 Å². The van der Waals surface area contributed by atoms with Crippen molar-refractivity contribution >= 4 is 11.8 Å². The molecule has 0 radical (unpaired) electrons. The molecule has 6 heteroatoms. The van der Waals surface area contributed by atoms with E-state index in [9.17, 15) is 0 Å². The highest BCUT2D eigenvalue weighted by Gasteiger charge is 2.23. The third-order valence-electron chi connectivity index (χ3n) is 5.94. The van der Waals surface area contributed by atoms with E-state index in [1.54, 1.807) is 0 Å². The van der Waals surface area contributed by atoms with E-state index in [-0.39, 0.29) is 0 Å². The Labute approximate surface area is 162 Å². The van der Waals surface area contributed by atoms with Crippen LogP contribution in [0.2, 0.25) is 0 Å². The molecule has 0 N–H and O–H groups in total. The third kappa shape index (κ3) is 4.56. The van der Waals surface area contributed by atoms with Gasteiger partial charge in [0.25, 0.3) is 0 Å². The number of benzene rings is 1. The average Bonchev–Trinajstić information content (AvgIpc) is 2.75. The van der Waals surface area contributed by atoms with E-state index >= 15 is 0 Å².